The highest BCUT2D eigenvalue weighted by atomic mass is 32.2. The summed E-state index contributed by atoms with van der Waals surface area (Å²) in [6.45, 7) is 0. The molecule has 0 heterocycles. The molecule has 2 aromatic carbocycles. The minimum atomic E-state index is -3.98. The van der Waals surface area contributed by atoms with Gasteiger partial charge in [-0.25, -0.2) is 4.39 Å². The van der Waals surface area contributed by atoms with Crippen molar-refractivity contribution >= 4 is 21.5 Å². The van der Waals surface area contributed by atoms with E-state index in [0.29, 0.717) is 11.1 Å². The number of benzene rings is 2. The van der Waals surface area contributed by atoms with Crippen LogP contribution in [0.4, 0.5) is 4.39 Å². The van der Waals surface area contributed by atoms with Gasteiger partial charge < -0.3 is 0 Å². The second-order valence-corrected chi connectivity index (χ2v) is 6.25. The van der Waals surface area contributed by atoms with Gasteiger partial charge in [0.2, 0.25) is 0 Å². The summed E-state index contributed by atoms with van der Waals surface area (Å²) in [5, 5.41) is 0. The lowest BCUT2D eigenvalue weighted by atomic mass is 9.95. The molecule has 0 saturated carbocycles. The van der Waals surface area contributed by atoms with Crippen LogP contribution in [0.1, 0.15) is 15.9 Å². The molecule has 0 unspecified atom stereocenters. The van der Waals surface area contributed by atoms with E-state index < -0.39 is 15.8 Å². The number of rotatable bonds is 2. The Labute approximate surface area is 126 Å². The Balaban J connectivity index is 2.10. The van der Waals surface area contributed by atoms with E-state index in [1.165, 1.54) is 12.2 Å². The number of carbonyl (C=O) groups excluding carboxylic acids is 1. The van der Waals surface area contributed by atoms with Gasteiger partial charge in [-0.05, 0) is 36.4 Å². The van der Waals surface area contributed by atoms with Crippen molar-refractivity contribution in [2.24, 2.45) is 4.40 Å². The molecule has 1 aliphatic rings. The molecule has 0 aliphatic heterocycles. The summed E-state index contributed by atoms with van der Waals surface area (Å²) >= 11 is 0. The zero-order valence-corrected chi connectivity index (χ0v) is 12.0. The van der Waals surface area contributed by atoms with E-state index in [9.17, 15) is 17.6 Å². The highest BCUT2D eigenvalue weighted by Crippen LogP contribution is 2.20. The molecule has 22 heavy (non-hydrogen) atoms. The van der Waals surface area contributed by atoms with Crippen LogP contribution in [-0.4, -0.2) is 19.9 Å². The van der Waals surface area contributed by atoms with E-state index >= 15 is 0 Å². The fourth-order valence-electron chi connectivity index (χ4n) is 2.12. The highest BCUT2D eigenvalue weighted by molar-refractivity contribution is 7.90. The second kappa shape index (κ2) is 5.31. The zero-order chi connectivity index (χ0) is 15.7. The van der Waals surface area contributed by atoms with Crippen LogP contribution in [0.5, 0.6) is 0 Å². The Morgan fingerprint density at radius 2 is 1.50 bits per heavy atom. The molecule has 110 valence electrons. The van der Waals surface area contributed by atoms with Crippen LogP contribution in [0, 0.1) is 5.82 Å². The zero-order valence-electron chi connectivity index (χ0n) is 11.2. The number of allylic oxidation sites excluding steroid dienone is 2. The summed E-state index contributed by atoms with van der Waals surface area (Å²) in [5.74, 6) is -0.728. The first-order valence-electron chi connectivity index (χ1n) is 6.40. The number of carbonyl (C=O) groups is 1. The standard InChI is InChI=1S/C16H10FNO3S/c17-11-5-7-12(8-6-11)22(20,21)18-15-9-10-16(19)14-4-2-1-3-13(14)15/h1-10H. The Kier molecular flexibility index (Phi) is 3.46. The van der Waals surface area contributed by atoms with Crippen LogP contribution in [0.25, 0.3) is 0 Å². The Bertz CT molecular complexity index is 913. The molecule has 4 nitrogen and oxygen atoms in total. The summed E-state index contributed by atoms with van der Waals surface area (Å²) in [5.41, 5.74) is 1.04. The lowest BCUT2D eigenvalue weighted by molar-refractivity contribution is 0.104. The van der Waals surface area contributed by atoms with E-state index in [1.54, 1.807) is 24.3 Å². The van der Waals surface area contributed by atoms with Gasteiger partial charge in [-0.15, -0.1) is 0 Å². The first-order valence-corrected chi connectivity index (χ1v) is 7.84. The van der Waals surface area contributed by atoms with Gasteiger partial charge in [0.25, 0.3) is 10.0 Å². The van der Waals surface area contributed by atoms with Crippen LogP contribution >= 0.6 is 0 Å². The molecule has 0 atom stereocenters. The molecule has 0 fully saturated rings. The van der Waals surface area contributed by atoms with Crippen molar-refractivity contribution in [3.8, 4) is 0 Å². The van der Waals surface area contributed by atoms with E-state index in [4.69, 9.17) is 0 Å². The van der Waals surface area contributed by atoms with Gasteiger partial charge in [0.15, 0.2) is 5.78 Å². The van der Waals surface area contributed by atoms with Crippen molar-refractivity contribution in [2.75, 3.05) is 0 Å². The van der Waals surface area contributed by atoms with Crippen molar-refractivity contribution < 1.29 is 17.6 Å². The Morgan fingerprint density at radius 3 is 2.18 bits per heavy atom. The maximum absolute atomic E-state index is 12.9. The number of ketones is 1. The monoisotopic (exact) mass is 315 g/mol. The van der Waals surface area contributed by atoms with Crippen LogP contribution in [-0.2, 0) is 10.0 Å². The maximum Gasteiger partial charge on any atom is 0.282 e. The highest BCUT2D eigenvalue weighted by Gasteiger charge is 2.20. The Morgan fingerprint density at radius 1 is 0.864 bits per heavy atom. The predicted octanol–water partition coefficient (Wildman–Crippen LogP) is 2.76. The van der Waals surface area contributed by atoms with Gasteiger partial charge in [-0.2, -0.15) is 12.8 Å². The summed E-state index contributed by atoms with van der Waals surface area (Å²) in [6.07, 6.45) is 2.65. The topological polar surface area (TPSA) is 63.6 Å². The van der Waals surface area contributed by atoms with E-state index in [-0.39, 0.29) is 16.4 Å². The average molecular weight is 315 g/mol. The molecule has 1 aliphatic carbocycles. The van der Waals surface area contributed by atoms with Crippen molar-refractivity contribution in [1.29, 1.82) is 0 Å². The van der Waals surface area contributed by atoms with Gasteiger partial charge in [-0.3, -0.25) is 4.79 Å². The van der Waals surface area contributed by atoms with E-state index in [2.05, 4.69) is 4.40 Å². The minimum absolute atomic E-state index is 0.107. The second-order valence-electron chi connectivity index (χ2n) is 4.65. The van der Waals surface area contributed by atoms with Crippen LogP contribution in [0.3, 0.4) is 0 Å². The third-order valence-corrected chi connectivity index (χ3v) is 4.50. The number of fused-ring (bicyclic) bond motifs is 1. The van der Waals surface area contributed by atoms with E-state index in [1.807, 2.05) is 0 Å². The fraction of sp³-hybridized carbons (Fsp3) is 0. The lowest BCUT2D eigenvalue weighted by Gasteiger charge is -2.11. The van der Waals surface area contributed by atoms with Crippen molar-refractivity contribution in [1.82, 2.24) is 0 Å². The molecule has 0 N–H and O–H groups in total. The molecule has 0 aromatic heterocycles. The smallest absolute Gasteiger partial charge is 0.282 e. The number of nitrogens with zero attached hydrogens (tertiary/aromatic N) is 1. The molecule has 3 rings (SSSR count). The molecule has 0 spiro atoms. The van der Waals surface area contributed by atoms with Crippen molar-refractivity contribution in [2.45, 2.75) is 4.90 Å². The Hall–Kier alpha value is -2.60. The van der Waals surface area contributed by atoms with Gasteiger partial charge in [0, 0.05) is 11.1 Å². The molecular formula is C16H10FNO3S. The first-order chi connectivity index (χ1) is 10.5. The van der Waals surface area contributed by atoms with Crippen molar-refractivity contribution in [3.05, 3.63) is 77.6 Å². The van der Waals surface area contributed by atoms with Gasteiger partial charge in [-0.1, -0.05) is 24.3 Å². The van der Waals surface area contributed by atoms with E-state index in [0.717, 1.165) is 24.3 Å². The average Bonchev–Trinajstić information content (AvgIpc) is 2.51. The molecule has 0 radical (unpaired) electrons. The first kappa shape index (κ1) is 14.3. The number of sulfonamides is 1. The van der Waals surface area contributed by atoms with Gasteiger partial charge in [0.1, 0.15) is 5.82 Å². The lowest BCUT2D eigenvalue weighted by Crippen LogP contribution is -2.14. The van der Waals surface area contributed by atoms with Crippen LogP contribution < -0.4 is 0 Å². The number of halogens is 1. The summed E-state index contributed by atoms with van der Waals surface area (Å²) in [4.78, 5) is 11.7. The maximum atomic E-state index is 12.9. The molecule has 0 amide bonds. The summed E-state index contributed by atoms with van der Waals surface area (Å²) in [6, 6.07) is 11.1. The fourth-order valence-corrected chi connectivity index (χ4v) is 3.13. The predicted molar refractivity (Wildman–Crippen MR) is 80.0 cm³/mol. The van der Waals surface area contributed by atoms with Crippen LogP contribution in [0.15, 0.2) is 70.0 Å². The van der Waals surface area contributed by atoms with Gasteiger partial charge in [0.05, 0.1) is 10.6 Å². The van der Waals surface area contributed by atoms with Gasteiger partial charge >= 0.3 is 0 Å². The molecule has 0 saturated heterocycles. The molecule has 6 heteroatoms. The normalized spacial score (nSPS) is 15.9. The van der Waals surface area contributed by atoms with Crippen LogP contribution in [0.2, 0.25) is 0 Å². The third-order valence-electron chi connectivity index (χ3n) is 3.19. The summed E-state index contributed by atoms with van der Waals surface area (Å²) < 4.78 is 41.2. The summed E-state index contributed by atoms with van der Waals surface area (Å²) in [7, 11) is -3.98. The quantitative estimate of drug-likeness (QED) is 0.856. The molecular weight excluding hydrogens is 305 g/mol. The largest absolute Gasteiger partial charge is 0.289 e. The number of hydrogen-bond donors (Lipinski definition) is 0. The minimum Gasteiger partial charge on any atom is -0.289 e. The third kappa shape index (κ3) is 2.60. The molecule has 2 aromatic rings. The van der Waals surface area contributed by atoms with Crippen molar-refractivity contribution in [3.63, 3.8) is 0 Å². The molecule has 0 bridgehead atoms. The SMILES string of the molecule is O=C1C=CC(=NS(=O)(=O)c2ccc(F)cc2)c2ccccc21. The number of hydrogen-bond acceptors (Lipinski definition) is 3.